The van der Waals surface area contributed by atoms with Crippen molar-refractivity contribution >= 4 is 23.3 Å². The Labute approximate surface area is 159 Å². The third-order valence-electron chi connectivity index (χ3n) is 4.75. The van der Waals surface area contributed by atoms with Gasteiger partial charge in [-0.3, -0.25) is 4.79 Å². The zero-order chi connectivity index (χ0) is 19.2. The topological polar surface area (TPSA) is 70.7 Å². The number of methoxy groups -OCH3 is 1. The van der Waals surface area contributed by atoms with E-state index in [2.05, 4.69) is 10.6 Å². The lowest BCUT2D eigenvalue weighted by Crippen LogP contribution is -2.35. The molecule has 1 heterocycles. The number of benzene rings is 2. The molecule has 0 spiro atoms. The normalized spacial score (nSPS) is 14.0. The fourth-order valence-corrected chi connectivity index (χ4v) is 3.20. The monoisotopic (exact) mass is 367 g/mol. The molecule has 2 aromatic carbocycles. The van der Waals surface area contributed by atoms with Crippen LogP contribution < -0.4 is 20.3 Å². The molecule has 1 aliphatic rings. The van der Waals surface area contributed by atoms with Crippen molar-refractivity contribution in [2.45, 2.75) is 32.7 Å². The fraction of sp³-hybridized carbons (Fsp3) is 0.333. The average molecular weight is 367 g/mol. The van der Waals surface area contributed by atoms with Crippen LogP contribution in [0.25, 0.3) is 0 Å². The molecule has 0 aromatic heterocycles. The van der Waals surface area contributed by atoms with Gasteiger partial charge in [-0.25, -0.2) is 4.79 Å². The van der Waals surface area contributed by atoms with Gasteiger partial charge < -0.3 is 20.3 Å². The molecule has 1 fully saturated rings. The van der Waals surface area contributed by atoms with Gasteiger partial charge in [0.05, 0.1) is 12.8 Å². The van der Waals surface area contributed by atoms with Crippen LogP contribution in [0.1, 0.15) is 30.4 Å². The molecule has 0 radical (unpaired) electrons. The van der Waals surface area contributed by atoms with Gasteiger partial charge in [0.15, 0.2) is 0 Å². The number of carbonyl (C=O) groups is 2. The van der Waals surface area contributed by atoms with Gasteiger partial charge in [0.2, 0.25) is 5.91 Å². The Morgan fingerprint density at radius 2 is 2.00 bits per heavy atom. The first kappa shape index (κ1) is 18.8. The zero-order valence-electron chi connectivity index (χ0n) is 15.7. The van der Waals surface area contributed by atoms with E-state index < -0.39 is 0 Å². The maximum Gasteiger partial charge on any atom is 0.319 e. The molecule has 6 heteroatoms. The van der Waals surface area contributed by atoms with Crippen molar-refractivity contribution in [2.24, 2.45) is 0 Å². The summed E-state index contributed by atoms with van der Waals surface area (Å²) in [7, 11) is 1.58. The summed E-state index contributed by atoms with van der Waals surface area (Å²) in [5.41, 5.74) is 3.51. The lowest BCUT2D eigenvalue weighted by molar-refractivity contribution is -0.119. The molecule has 2 aromatic rings. The first-order chi connectivity index (χ1) is 13.1. The van der Waals surface area contributed by atoms with Crippen LogP contribution in [0.4, 0.5) is 16.2 Å². The number of urea groups is 1. The van der Waals surface area contributed by atoms with Crippen LogP contribution in [-0.2, 0) is 11.3 Å². The Bertz CT molecular complexity index is 835. The van der Waals surface area contributed by atoms with Crippen molar-refractivity contribution < 1.29 is 14.3 Å². The highest BCUT2D eigenvalue weighted by Crippen LogP contribution is 2.33. The summed E-state index contributed by atoms with van der Waals surface area (Å²) in [6.07, 6.45) is 2.41. The SMILES string of the molecule is COc1ccc(NC(=O)NCc2ccccc2C)cc1N1CCCCC1=O. The minimum Gasteiger partial charge on any atom is -0.495 e. The van der Waals surface area contributed by atoms with Crippen LogP contribution in [0.5, 0.6) is 5.75 Å². The minimum atomic E-state index is -0.292. The van der Waals surface area contributed by atoms with Crippen LogP contribution in [0.2, 0.25) is 0 Å². The Morgan fingerprint density at radius 3 is 2.74 bits per heavy atom. The molecule has 1 aliphatic heterocycles. The third-order valence-corrected chi connectivity index (χ3v) is 4.75. The largest absolute Gasteiger partial charge is 0.495 e. The van der Waals surface area contributed by atoms with Gasteiger partial charge in [0.1, 0.15) is 5.75 Å². The molecule has 3 rings (SSSR count). The van der Waals surface area contributed by atoms with Crippen LogP contribution in [0, 0.1) is 6.92 Å². The maximum atomic E-state index is 12.3. The van der Waals surface area contributed by atoms with Crippen LogP contribution >= 0.6 is 0 Å². The van der Waals surface area contributed by atoms with Crippen molar-refractivity contribution in [3.8, 4) is 5.75 Å². The predicted molar refractivity (Wildman–Crippen MR) is 106 cm³/mol. The molecule has 2 N–H and O–H groups in total. The Hall–Kier alpha value is -3.02. The summed E-state index contributed by atoms with van der Waals surface area (Å²) in [6.45, 7) is 3.13. The van der Waals surface area contributed by atoms with E-state index in [1.165, 1.54) is 0 Å². The number of nitrogens with one attached hydrogen (secondary N) is 2. The van der Waals surface area contributed by atoms with E-state index >= 15 is 0 Å². The Kier molecular flexibility index (Phi) is 5.96. The molecular formula is C21H25N3O3. The van der Waals surface area contributed by atoms with Gasteiger partial charge >= 0.3 is 6.03 Å². The smallest absolute Gasteiger partial charge is 0.319 e. The Morgan fingerprint density at radius 1 is 1.19 bits per heavy atom. The van der Waals surface area contributed by atoms with E-state index in [0.29, 0.717) is 36.6 Å². The molecule has 1 saturated heterocycles. The molecule has 0 bridgehead atoms. The quantitative estimate of drug-likeness (QED) is 0.843. The van der Waals surface area contributed by atoms with Crippen molar-refractivity contribution in [3.63, 3.8) is 0 Å². The molecule has 142 valence electrons. The second-order valence-electron chi connectivity index (χ2n) is 6.62. The van der Waals surface area contributed by atoms with Crippen LogP contribution in [0.3, 0.4) is 0 Å². The Balaban J connectivity index is 1.69. The van der Waals surface area contributed by atoms with E-state index in [1.807, 2.05) is 31.2 Å². The summed E-state index contributed by atoms with van der Waals surface area (Å²) in [5.74, 6) is 0.705. The molecule has 0 aliphatic carbocycles. The lowest BCUT2D eigenvalue weighted by atomic mass is 10.1. The van der Waals surface area contributed by atoms with Crippen molar-refractivity contribution in [1.29, 1.82) is 0 Å². The van der Waals surface area contributed by atoms with E-state index in [1.54, 1.807) is 30.2 Å². The number of rotatable bonds is 5. The van der Waals surface area contributed by atoms with Gasteiger partial charge in [-0.1, -0.05) is 24.3 Å². The van der Waals surface area contributed by atoms with Gasteiger partial charge in [0, 0.05) is 25.2 Å². The van der Waals surface area contributed by atoms with Crippen LogP contribution in [0.15, 0.2) is 42.5 Å². The van der Waals surface area contributed by atoms with Crippen molar-refractivity contribution in [3.05, 3.63) is 53.6 Å². The number of anilines is 2. The second kappa shape index (κ2) is 8.58. The number of aryl methyl sites for hydroxylation is 1. The third kappa shape index (κ3) is 4.58. The van der Waals surface area contributed by atoms with E-state index in [4.69, 9.17) is 4.74 Å². The molecule has 0 saturated carbocycles. The minimum absolute atomic E-state index is 0.0840. The van der Waals surface area contributed by atoms with Gasteiger partial charge in [-0.15, -0.1) is 0 Å². The summed E-state index contributed by atoms with van der Waals surface area (Å²) < 4.78 is 5.40. The number of hydrogen-bond donors (Lipinski definition) is 2. The number of piperidine rings is 1. The maximum absolute atomic E-state index is 12.3. The summed E-state index contributed by atoms with van der Waals surface area (Å²) in [5, 5.41) is 5.70. The highest BCUT2D eigenvalue weighted by molar-refractivity contribution is 5.97. The molecule has 6 nitrogen and oxygen atoms in total. The van der Waals surface area contributed by atoms with Gasteiger partial charge in [-0.2, -0.15) is 0 Å². The molecular weight excluding hydrogens is 342 g/mol. The predicted octanol–water partition coefficient (Wildman–Crippen LogP) is 3.84. The lowest BCUT2D eigenvalue weighted by Gasteiger charge is -2.28. The highest BCUT2D eigenvalue weighted by Gasteiger charge is 2.23. The second-order valence-corrected chi connectivity index (χ2v) is 6.62. The molecule has 3 amide bonds. The average Bonchev–Trinajstić information content (AvgIpc) is 2.68. The zero-order valence-corrected chi connectivity index (χ0v) is 15.7. The molecule has 27 heavy (non-hydrogen) atoms. The number of hydrogen-bond acceptors (Lipinski definition) is 3. The summed E-state index contributed by atoms with van der Waals surface area (Å²) in [4.78, 5) is 26.3. The fourth-order valence-electron chi connectivity index (χ4n) is 3.20. The molecule has 0 atom stereocenters. The van der Waals surface area contributed by atoms with E-state index in [-0.39, 0.29) is 11.9 Å². The standard InChI is InChI=1S/C21H25N3O3/c1-15-7-3-4-8-16(15)14-22-21(26)23-17-10-11-19(27-2)18(13-17)24-12-6-5-9-20(24)25/h3-4,7-8,10-11,13H,5-6,9,12,14H2,1-2H3,(H2,22,23,26). The number of carbonyl (C=O) groups excluding carboxylic acids is 2. The highest BCUT2D eigenvalue weighted by atomic mass is 16.5. The van der Waals surface area contributed by atoms with E-state index in [0.717, 1.165) is 24.0 Å². The van der Waals surface area contributed by atoms with E-state index in [9.17, 15) is 9.59 Å². The molecule has 0 unspecified atom stereocenters. The number of amides is 3. The van der Waals surface area contributed by atoms with Gasteiger partial charge in [0.25, 0.3) is 0 Å². The number of nitrogens with zero attached hydrogens (tertiary/aromatic N) is 1. The number of ether oxygens (including phenoxy) is 1. The summed E-state index contributed by atoms with van der Waals surface area (Å²) >= 11 is 0. The van der Waals surface area contributed by atoms with Crippen LogP contribution in [-0.4, -0.2) is 25.6 Å². The first-order valence-electron chi connectivity index (χ1n) is 9.16. The van der Waals surface area contributed by atoms with Crippen molar-refractivity contribution in [1.82, 2.24) is 5.32 Å². The first-order valence-corrected chi connectivity index (χ1v) is 9.16. The van der Waals surface area contributed by atoms with Crippen molar-refractivity contribution in [2.75, 3.05) is 23.9 Å². The van der Waals surface area contributed by atoms with Gasteiger partial charge in [-0.05, 0) is 49.1 Å². The summed E-state index contributed by atoms with van der Waals surface area (Å²) in [6, 6.07) is 13.0.